The predicted octanol–water partition coefficient (Wildman–Crippen LogP) is 1.13. The summed E-state index contributed by atoms with van der Waals surface area (Å²) in [5, 5.41) is 9.78. The first-order valence-electron chi connectivity index (χ1n) is 5.67. The summed E-state index contributed by atoms with van der Waals surface area (Å²) in [6, 6.07) is 6.18. The number of hydrogen-bond acceptors (Lipinski definition) is 4. The Bertz CT molecular complexity index is 497. The minimum absolute atomic E-state index is 0.0248. The minimum Gasteiger partial charge on any atom is -0.497 e. The first-order valence-corrected chi connectivity index (χ1v) is 7.15. The summed E-state index contributed by atoms with van der Waals surface area (Å²) < 4.78 is 31.3. The third-order valence-corrected chi connectivity index (χ3v) is 4.16. The second-order valence-corrected chi connectivity index (χ2v) is 6.12. The molecule has 0 radical (unpaired) electrons. The Labute approximate surface area is 108 Å². The second-order valence-electron chi connectivity index (χ2n) is 4.35. The van der Waals surface area contributed by atoms with E-state index in [0.717, 1.165) is 0 Å². The van der Waals surface area contributed by atoms with Gasteiger partial charge in [0.2, 0.25) is 10.0 Å². The molecule has 1 aromatic rings. The van der Waals surface area contributed by atoms with E-state index in [1.54, 1.807) is 26.0 Å². The molecule has 6 heteroatoms. The number of methoxy groups -OCH3 is 1. The van der Waals surface area contributed by atoms with Crippen molar-refractivity contribution in [1.29, 1.82) is 0 Å². The molecular weight excluding hydrogens is 254 g/mol. The van der Waals surface area contributed by atoms with Crippen LogP contribution in [0.1, 0.15) is 20.3 Å². The number of ether oxygens (including phenoxy) is 1. The van der Waals surface area contributed by atoms with Crippen LogP contribution in [0, 0.1) is 0 Å². The number of rotatable bonds is 6. The first-order chi connectivity index (χ1) is 8.30. The fourth-order valence-corrected chi connectivity index (χ4v) is 2.42. The maximum absolute atomic E-state index is 12.0. The van der Waals surface area contributed by atoms with Gasteiger partial charge in [-0.2, -0.15) is 0 Å². The van der Waals surface area contributed by atoms with E-state index in [9.17, 15) is 13.5 Å². The van der Waals surface area contributed by atoms with Gasteiger partial charge in [0.15, 0.2) is 0 Å². The van der Waals surface area contributed by atoms with E-state index in [0.29, 0.717) is 12.2 Å². The summed E-state index contributed by atoms with van der Waals surface area (Å²) in [5.74, 6) is 0.472. The van der Waals surface area contributed by atoms with Crippen LogP contribution in [0.15, 0.2) is 29.2 Å². The number of nitrogens with one attached hydrogen (secondary N) is 1. The van der Waals surface area contributed by atoms with E-state index in [-0.39, 0.29) is 11.4 Å². The zero-order valence-corrected chi connectivity index (χ0v) is 11.6. The van der Waals surface area contributed by atoms with Gasteiger partial charge in [0, 0.05) is 12.6 Å². The third kappa shape index (κ3) is 3.97. The molecule has 0 heterocycles. The van der Waals surface area contributed by atoms with E-state index in [1.165, 1.54) is 19.2 Å². The zero-order chi connectivity index (χ0) is 13.8. The van der Waals surface area contributed by atoms with Crippen molar-refractivity contribution >= 4 is 10.0 Å². The predicted molar refractivity (Wildman–Crippen MR) is 69.1 cm³/mol. The number of hydrogen-bond donors (Lipinski definition) is 2. The van der Waals surface area contributed by atoms with Crippen LogP contribution in [0.4, 0.5) is 0 Å². The summed E-state index contributed by atoms with van der Waals surface area (Å²) in [7, 11) is -2.15. The van der Waals surface area contributed by atoms with Crippen LogP contribution in [0.2, 0.25) is 0 Å². The number of benzene rings is 1. The summed E-state index contributed by atoms with van der Waals surface area (Å²) in [4.78, 5) is 0.119. The van der Waals surface area contributed by atoms with Crippen molar-refractivity contribution in [2.75, 3.05) is 13.7 Å². The van der Waals surface area contributed by atoms with E-state index >= 15 is 0 Å². The molecule has 0 amide bonds. The SMILES string of the molecule is CCC(C)(O)CNS(=O)(=O)c1cccc(OC)c1. The lowest BCUT2D eigenvalue weighted by atomic mass is 10.1. The maximum atomic E-state index is 12.0. The molecule has 2 N–H and O–H groups in total. The molecule has 0 aliphatic rings. The van der Waals surface area contributed by atoms with Crippen molar-refractivity contribution in [2.45, 2.75) is 30.8 Å². The Morgan fingerprint density at radius 2 is 2.11 bits per heavy atom. The lowest BCUT2D eigenvalue weighted by Gasteiger charge is -2.21. The molecule has 0 bridgehead atoms. The highest BCUT2D eigenvalue weighted by Crippen LogP contribution is 2.17. The summed E-state index contributed by atoms with van der Waals surface area (Å²) in [6.07, 6.45) is 0.466. The molecule has 0 saturated heterocycles. The Morgan fingerprint density at radius 3 is 2.67 bits per heavy atom. The highest BCUT2D eigenvalue weighted by Gasteiger charge is 2.22. The van der Waals surface area contributed by atoms with Gasteiger partial charge in [0.05, 0.1) is 17.6 Å². The van der Waals surface area contributed by atoms with Crippen LogP contribution in [0.5, 0.6) is 5.75 Å². The average Bonchev–Trinajstić information content (AvgIpc) is 2.37. The molecule has 1 aromatic carbocycles. The minimum atomic E-state index is -3.63. The van der Waals surface area contributed by atoms with E-state index in [2.05, 4.69) is 4.72 Å². The molecule has 1 unspecified atom stereocenters. The van der Waals surface area contributed by atoms with Gasteiger partial charge in [-0.1, -0.05) is 13.0 Å². The van der Waals surface area contributed by atoms with Crippen LogP contribution < -0.4 is 9.46 Å². The standard InChI is InChI=1S/C12H19NO4S/c1-4-12(2,14)9-13-18(15,16)11-7-5-6-10(8-11)17-3/h5-8,13-14H,4,9H2,1-3H3. The fraction of sp³-hybridized carbons (Fsp3) is 0.500. The maximum Gasteiger partial charge on any atom is 0.240 e. The Balaban J connectivity index is 2.86. The molecule has 5 nitrogen and oxygen atoms in total. The highest BCUT2D eigenvalue weighted by atomic mass is 32.2. The van der Waals surface area contributed by atoms with Crippen LogP contribution in [0.25, 0.3) is 0 Å². The van der Waals surface area contributed by atoms with Crippen molar-refractivity contribution in [1.82, 2.24) is 4.72 Å². The van der Waals surface area contributed by atoms with Gasteiger partial charge in [-0.05, 0) is 25.5 Å². The molecular formula is C12H19NO4S. The van der Waals surface area contributed by atoms with Crippen LogP contribution >= 0.6 is 0 Å². The van der Waals surface area contributed by atoms with Gasteiger partial charge in [-0.15, -0.1) is 0 Å². The Hall–Kier alpha value is -1.11. The molecule has 102 valence electrons. The van der Waals surface area contributed by atoms with Crippen molar-refractivity contribution in [3.05, 3.63) is 24.3 Å². The lowest BCUT2D eigenvalue weighted by molar-refractivity contribution is 0.0613. The average molecular weight is 273 g/mol. The molecule has 0 fully saturated rings. The van der Waals surface area contributed by atoms with E-state index < -0.39 is 15.6 Å². The molecule has 1 rings (SSSR count). The van der Waals surface area contributed by atoms with E-state index in [4.69, 9.17) is 4.74 Å². The molecule has 18 heavy (non-hydrogen) atoms. The molecule has 1 atom stereocenters. The van der Waals surface area contributed by atoms with Gasteiger partial charge in [0.25, 0.3) is 0 Å². The van der Waals surface area contributed by atoms with Crippen LogP contribution in [-0.2, 0) is 10.0 Å². The van der Waals surface area contributed by atoms with Crippen LogP contribution in [-0.4, -0.2) is 32.8 Å². The van der Waals surface area contributed by atoms with Gasteiger partial charge < -0.3 is 9.84 Å². The second kappa shape index (κ2) is 5.69. The fourth-order valence-electron chi connectivity index (χ4n) is 1.23. The van der Waals surface area contributed by atoms with Crippen molar-refractivity contribution in [3.63, 3.8) is 0 Å². The largest absolute Gasteiger partial charge is 0.497 e. The van der Waals surface area contributed by atoms with E-state index in [1.807, 2.05) is 0 Å². The quantitative estimate of drug-likeness (QED) is 0.815. The van der Waals surface area contributed by atoms with Crippen LogP contribution in [0.3, 0.4) is 0 Å². The normalized spacial score (nSPS) is 15.1. The number of sulfonamides is 1. The van der Waals surface area contributed by atoms with Crippen molar-refractivity contribution in [3.8, 4) is 5.75 Å². The summed E-state index contributed by atoms with van der Waals surface area (Å²) in [6.45, 7) is 3.35. The number of aliphatic hydroxyl groups is 1. The molecule has 0 spiro atoms. The summed E-state index contributed by atoms with van der Waals surface area (Å²) in [5.41, 5.74) is -1.05. The van der Waals surface area contributed by atoms with Gasteiger partial charge >= 0.3 is 0 Å². The highest BCUT2D eigenvalue weighted by molar-refractivity contribution is 7.89. The lowest BCUT2D eigenvalue weighted by Crippen LogP contribution is -2.40. The smallest absolute Gasteiger partial charge is 0.240 e. The summed E-state index contributed by atoms with van der Waals surface area (Å²) >= 11 is 0. The molecule has 0 aliphatic carbocycles. The molecule has 0 aliphatic heterocycles. The van der Waals surface area contributed by atoms with Crippen molar-refractivity contribution < 1.29 is 18.3 Å². The topological polar surface area (TPSA) is 75.6 Å². The first kappa shape index (κ1) is 14.9. The molecule has 0 saturated carbocycles. The zero-order valence-electron chi connectivity index (χ0n) is 10.8. The van der Waals surface area contributed by atoms with Gasteiger partial charge in [-0.25, -0.2) is 13.1 Å². The third-order valence-electron chi connectivity index (χ3n) is 2.76. The van der Waals surface area contributed by atoms with Gasteiger partial charge in [0.1, 0.15) is 5.75 Å². The van der Waals surface area contributed by atoms with Gasteiger partial charge in [-0.3, -0.25) is 0 Å². The Kier molecular flexibility index (Phi) is 4.72. The van der Waals surface area contributed by atoms with Crippen molar-refractivity contribution in [2.24, 2.45) is 0 Å². The monoisotopic (exact) mass is 273 g/mol. The Morgan fingerprint density at radius 1 is 1.44 bits per heavy atom. The molecule has 0 aromatic heterocycles.